The molecular formula is C6H7BS. The minimum atomic E-state index is 1.02. The van der Waals surface area contributed by atoms with Crippen LogP contribution in [0.4, 0.5) is 0 Å². The zero-order chi connectivity index (χ0) is 5.98. The number of thiol groups is 1. The van der Waals surface area contributed by atoms with E-state index in [1.165, 1.54) is 5.46 Å². The molecule has 0 bridgehead atoms. The van der Waals surface area contributed by atoms with Crippen LogP contribution in [0.1, 0.15) is 0 Å². The van der Waals surface area contributed by atoms with Crippen molar-refractivity contribution in [2.75, 3.05) is 0 Å². The van der Waals surface area contributed by atoms with Gasteiger partial charge in [-0.25, -0.2) is 0 Å². The van der Waals surface area contributed by atoms with Gasteiger partial charge in [0.1, 0.15) is 7.85 Å². The highest BCUT2D eigenvalue weighted by atomic mass is 32.1. The lowest BCUT2D eigenvalue weighted by molar-refractivity contribution is 1.50. The maximum absolute atomic E-state index is 4.13. The summed E-state index contributed by atoms with van der Waals surface area (Å²) < 4.78 is 0. The van der Waals surface area contributed by atoms with Gasteiger partial charge in [0.25, 0.3) is 0 Å². The highest BCUT2D eigenvalue weighted by molar-refractivity contribution is 7.80. The first-order valence-corrected chi connectivity index (χ1v) is 2.99. The Morgan fingerprint density at radius 3 is 2.00 bits per heavy atom. The Kier molecular flexibility index (Phi) is 1.64. The summed E-state index contributed by atoms with van der Waals surface area (Å²) in [6, 6.07) is 8.06. The van der Waals surface area contributed by atoms with Gasteiger partial charge in [-0.2, -0.15) is 0 Å². The Bertz CT molecular complexity index is 147. The molecule has 8 heavy (non-hydrogen) atoms. The lowest BCUT2D eigenvalue weighted by atomic mass is 9.97. The second kappa shape index (κ2) is 2.27. The number of hydrogen-bond donors (Lipinski definition) is 1. The van der Waals surface area contributed by atoms with Crippen LogP contribution < -0.4 is 5.46 Å². The van der Waals surface area contributed by atoms with Crippen molar-refractivity contribution in [1.29, 1.82) is 0 Å². The molecule has 2 heteroatoms. The number of hydrogen-bond acceptors (Lipinski definition) is 1. The largest absolute Gasteiger partial charge is 0.143 e. The van der Waals surface area contributed by atoms with Gasteiger partial charge < -0.3 is 0 Å². The fraction of sp³-hybridized carbons (Fsp3) is 0. The third kappa shape index (κ3) is 1.30. The average Bonchev–Trinajstić information content (AvgIpc) is 1.77. The lowest BCUT2D eigenvalue weighted by Gasteiger charge is -1.89. The van der Waals surface area contributed by atoms with Crippen molar-refractivity contribution in [1.82, 2.24) is 0 Å². The summed E-state index contributed by atoms with van der Waals surface area (Å²) in [4.78, 5) is 1.02. The Morgan fingerprint density at radius 2 is 1.62 bits per heavy atom. The van der Waals surface area contributed by atoms with Crippen LogP contribution in [0.2, 0.25) is 0 Å². The predicted molar refractivity (Wildman–Crippen MR) is 41.9 cm³/mol. The molecule has 1 aromatic rings. The SMILES string of the molecule is Bc1ccc(S)cc1. The monoisotopic (exact) mass is 122 g/mol. The summed E-state index contributed by atoms with van der Waals surface area (Å²) in [6.07, 6.45) is 0. The first-order valence-electron chi connectivity index (χ1n) is 2.54. The Morgan fingerprint density at radius 1 is 1.12 bits per heavy atom. The highest BCUT2D eigenvalue weighted by Gasteiger charge is 1.80. The number of benzene rings is 1. The molecule has 0 N–H and O–H groups in total. The van der Waals surface area contributed by atoms with Crippen molar-refractivity contribution in [2.24, 2.45) is 0 Å². The zero-order valence-corrected chi connectivity index (χ0v) is 5.65. The van der Waals surface area contributed by atoms with E-state index in [1.807, 2.05) is 24.3 Å². The first-order chi connectivity index (χ1) is 3.79. The smallest absolute Gasteiger partial charge is 0.139 e. The van der Waals surface area contributed by atoms with Gasteiger partial charge in [0, 0.05) is 4.90 Å². The molecule has 0 heterocycles. The normalized spacial score (nSPS) is 9.12. The molecule has 1 aromatic carbocycles. The van der Waals surface area contributed by atoms with E-state index in [-0.39, 0.29) is 0 Å². The van der Waals surface area contributed by atoms with Crippen LogP contribution >= 0.6 is 12.6 Å². The van der Waals surface area contributed by atoms with Gasteiger partial charge >= 0.3 is 0 Å². The van der Waals surface area contributed by atoms with Crippen LogP contribution in [0.25, 0.3) is 0 Å². The molecule has 0 aromatic heterocycles. The summed E-state index contributed by atoms with van der Waals surface area (Å²) >= 11 is 4.13. The molecule has 0 saturated carbocycles. The summed E-state index contributed by atoms with van der Waals surface area (Å²) in [5.41, 5.74) is 1.28. The van der Waals surface area contributed by atoms with E-state index < -0.39 is 0 Å². The molecule has 0 spiro atoms. The van der Waals surface area contributed by atoms with Gasteiger partial charge in [0.15, 0.2) is 0 Å². The molecule has 0 radical (unpaired) electrons. The summed E-state index contributed by atoms with van der Waals surface area (Å²) in [5, 5.41) is 0. The fourth-order valence-corrected chi connectivity index (χ4v) is 0.694. The van der Waals surface area contributed by atoms with Gasteiger partial charge in [0.2, 0.25) is 0 Å². The second-order valence-corrected chi connectivity index (χ2v) is 2.35. The van der Waals surface area contributed by atoms with E-state index in [9.17, 15) is 0 Å². The average molecular weight is 122 g/mol. The standard InChI is InChI=1S/C6H7BS/c7-5-1-3-6(8)4-2-5/h1-4,8H,7H2. The predicted octanol–water partition coefficient (Wildman–Crippen LogP) is 0.234. The molecular weight excluding hydrogens is 115 g/mol. The molecule has 0 aliphatic carbocycles. The highest BCUT2D eigenvalue weighted by Crippen LogP contribution is 1.99. The zero-order valence-electron chi connectivity index (χ0n) is 4.76. The van der Waals surface area contributed by atoms with Gasteiger partial charge in [-0.15, -0.1) is 12.6 Å². The molecule has 0 saturated heterocycles. The quantitative estimate of drug-likeness (QED) is 0.369. The van der Waals surface area contributed by atoms with Gasteiger partial charge in [0.05, 0.1) is 0 Å². The maximum atomic E-state index is 4.13. The molecule has 1 rings (SSSR count). The minimum absolute atomic E-state index is 1.02. The summed E-state index contributed by atoms with van der Waals surface area (Å²) in [6.45, 7) is 0. The lowest BCUT2D eigenvalue weighted by Crippen LogP contribution is -1.98. The summed E-state index contributed by atoms with van der Waals surface area (Å²) in [5.74, 6) is 0. The van der Waals surface area contributed by atoms with Gasteiger partial charge in [-0.1, -0.05) is 17.6 Å². The number of rotatable bonds is 0. The molecule has 0 unspecified atom stereocenters. The summed E-state index contributed by atoms with van der Waals surface area (Å²) in [7, 11) is 2.06. The van der Waals surface area contributed by atoms with E-state index in [0.29, 0.717) is 0 Å². The van der Waals surface area contributed by atoms with Crippen LogP contribution in [0.5, 0.6) is 0 Å². The topological polar surface area (TPSA) is 0 Å². The Labute approximate surface area is 55.7 Å². The van der Waals surface area contributed by atoms with E-state index in [0.717, 1.165) is 4.90 Å². The van der Waals surface area contributed by atoms with Crippen molar-refractivity contribution in [3.63, 3.8) is 0 Å². The molecule has 40 valence electrons. The van der Waals surface area contributed by atoms with Gasteiger partial charge in [-0.3, -0.25) is 0 Å². The molecule has 0 aliphatic heterocycles. The minimum Gasteiger partial charge on any atom is -0.143 e. The van der Waals surface area contributed by atoms with Crippen molar-refractivity contribution in [2.45, 2.75) is 4.90 Å². The van der Waals surface area contributed by atoms with Crippen molar-refractivity contribution < 1.29 is 0 Å². The van der Waals surface area contributed by atoms with Crippen LogP contribution in [0, 0.1) is 0 Å². The second-order valence-electron chi connectivity index (χ2n) is 1.84. The Hall–Kier alpha value is -0.365. The van der Waals surface area contributed by atoms with Crippen LogP contribution in [-0.4, -0.2) is 7.85 Å². The first kappa shape index (κ1) is 5.77. The van der Waals surface area contributed by atoms with Crippen LogP contribution in [0.3, 0.4) is 0 Å². The third-order valence-electron chi connectivity index (χ3n) is 1.03. The van der Waals surface area contributed by atoms with E-state index >= 15 is 0 Å². The molecule has 0 aliphatic rings. The third-order valence-corrected chi connectivity index (χ3v) is 1.33. The van der Waals surface area contributed by atoms with Crippen molar-refractivity contribution in [3.05, 3.63) is 24.3 Å². The van der Waals surface area contributed by atoms with E-state index in [2.05, 4.69) is 20.5 Å². The molecule has 0 nitrogen and oxygen atoms in total. The van der Waals surface area contributed by atoms with E-state index in [4.69, 9.17) is 0 Å². The molecule has 0 atom stereocenters. The van der Waals surface area contributed by atoms with Crippen LogP contribution in [-0.2, 0) is 0 Å². The van der Waals surface area contributed by atoms with Crippen molar-refractivity contribution >= 4 is 25.9 Å². The van der Waals surface area contributed by atoms with Gasteiger partial charge in [-0.05, 0) is 12.1 Å². The Balaban J connectivity index is 3.03. The fourth-order valence-electron chi connectivity index (χ4n) is 0.545. The van der Waals surface area contributed by atoms with Crippen LogP contribution in [0.15, 0.2) is 29.2 Å². The molecule has 0 fully saturated rings. The van der Waals surface area contributed by atoms with Crippen molar-refractivity contribution in [3.8, 4) is 0 Å². The maximum Gasteiger partial charge on any atom is 0.139 e. The molecule has 0 amide bonds. The van der Waals surface area contributed by atoms with E-state index in [1.54, 1.807) is 0 Å².